The van der Waals surface area contributed by atoms with Crippen LogP contribution in [0.5, 0.6) is 0 Å². The molecule has 0 aliphatic carbocycles. The van der Waals surface area contributed by atoms with Crippen molar-refractivity contribution in [1.29, 1.82) is 0 Å². The summed E-state index contributed by atoms with van der Waals surface area (Å²) in [6.07, 6.45) is 0. The number of carbonyl (C=O) groups excluding carboxylic acids is 2. The van der Waals surface area contributed by atoms with Gasteiger partial charge in [-0.15, -0.1) is 10.2 Å². The predicted molar refractivity (Wildman–Crippen MR) is 130 cm³/mol. The van der Waals surface area contributed by atoms with E-state index in [2.05, 4.69) is 54.9 Å². The van der Waals surface area contributed by atoms with Crippen molar-refractivity contribution in [2.75, 3.05) is 44.6 Å². The molecule has 0 saturated carbocycles. The Morgan fingerprint density at radius 1 is 0.879 bits per heavy atom. The van der Waals surface area contributed by atoms with Gasteiger partial charge in [0.05, 0.1) is 0 Å². The first-order valence-corrected chi connectivity index (χ1v) is 11.9. The standard InChI is InChI=1S/C24H28N6O2S/c1-18-7-9-20(10-8-18)26-22(32)24-28-27-23(33-24)21(31)25-11-12-29-13-15-30(16-14-29)17-19-5-3-2-4-6-19/h2-10H,11-17H2,1H3,(H,25,31)(H,26,32). The Morgan fingerprint density at radius 2 is 1.52 bits per heavy atom. The van der Waals surface area contributed by atoms with Crippen LogP contribution in [0.3, 0.4) is 0 Å². The molecule has 1 fully saturated rings. The topological polar surface area (TPSA) is 90.5 Å². The van der Waals surface area contributed by atoms with Crippen molar-refractivity contribution in [3.05, 3.63) is 75.7 Å². The highest BCUT2D eigenvalue weighted by Gasteiger charge is 2.19. The van der Waals surface area contributed by atoms with E-state index in [1.165, 1.54) is 5.56 Å². The maximum absolute atomic E-state index is 12.4. The number of rotatable bonds is 8. The van der Waals surface area contributed by atoms with Crippen LogP contribution in [0.25, 0.3) is 0 Å². The van der Waals surface area contributed by atoms with E-state index in [-0.39, 0.29) is 21.8 Å². The second-order valence-electron chi connectivity index (χ2n) is 8.09. The summed E-state index contributed by atoms with van der Waals surface area (Å²) in [5, 5.41) is 13.8. The Bertz CT molecular complexity index is 1060. The number of hydrogen-bond donors (Lipinski definition) is 2. The van der Waals surface area contributed by atoms with Crippen molar-refractivity contribution in [1.82, 2.24) is 25.3 Å². The van der Waals surface area contributed by atoms with Crippen molar-refractivity contribution >= 4 is 28.8 Å². The van der Waals surface area contributed by atoms with Crippen molar-refractivity contribution in [3.63, 3.8) is 0 Å². The van der Waals surface area contributed by atoms with Gasteiger partial charge in [-0.3, -0.25) is 19.4 Å². The molecule has 1 aliphatic heterocycles. The summed E-state index contributed by atoms with van der Waals surface area (Å²) >= 11 is 0.992. The first-order chi connectivity index (χ1) is 16.1. The Labute approximate surface area is 197 Å². The zero-order valence-corrected chi connectivity index (χ0v) is 19.5. The number of piperazine rings is 1. The lowest BCUT2D eigenvalue weighted by molar-refractivity contribution is 0.0932. The van der Waals surface area contributed by atoms with Gasteiger partial charge in [0.1, 0.15) is 0 Å². The highest BCUT2D eigenvalue weighted by Crippen LogP contribution is 2.14. The quantitative estimate of drug-likeness (QED) is 0.533. The SMILES string of the molecule is Cc1ccc(NC(=O)c2nnc(C(=O)NCCN3CCN(Cc4ccccc4)CC3)s2)cc1. The molecule has 2 heterocycles. The van der Waals surface area contributed by atoms with Crippen LogP contribution in [0.1, 0.15) is 30.7 Å². The van der Waals surface area contributed by atoms with Gasteiger partial charge >= 0.3 is 0 Å². The van der Waals surface area contributed by atoms with Gasteiger partial charge in [0.2, 0.25) is 10.0 Å². The number of hydrogen-bond acceptors (Lipinski definition) is 7. The van der Waals surface area contributed by atoms with Crippen LogP contribution in [0, 0.1) is 6.92 Å². The van der Waals surface area contributed by atoms with Crippen LogP contribution in [0.15, 0.2) is 54.6 Å². The van der Waals surface area contributed by atoms with Gasteiger partial charge in [-0.25, -0.2) is 0 Å². The molecule has 2 N–H and O–H groups in total. The van der Waals surface area contributed by atoms with Gasteiger partial charge in [-0.1, -0.05) is 59.4 Å². The molecular formula is C24H28N6O2S. The minimum atomic E-state index is -0.372. The van der Waals surface area contributed by atoms with E-state index in [4.69, 9.17) is 0 Å². The molecule has 8 nitrogen and oxygen atoms in total. The summed E-state index contributed by atoms with van der Waals surface area (Å²) in [5.41, 5.74) is 3.12. The Morgan fingerprint density at radius 3 is 2.21 bits per heavy atom. The molecule has 2 amide bonds. The van der Waals surface area contributed by atoms with Crippen molar-refractivity contribution in [2.24, 2.45) is 0 Å². The number of aromatic nitrogens is 2. The monoisotopic (exact) mass is 464 g/mol. The van der Waals surface area contributed by atoms with Crippen LogP contribution in [-0.2, 0) is 6.54 Å². The van der Waals surface area contributed by atoms with Crippen LogP contribution < -0.4 is 10.6 Å². The van der Waals surface area contributed by atoms with Crippen LogP contribution >= 0.6 is 11.3 Å². The maximum atomic E-state index is 12.4. The van der Waals surface area contributed by atoms with Gasteiger partial charge in [-0.05, 0) is 24.6 Å². The largest absolute Gasteiger partial charge is 0.349 e. The van der Waals surface area contributed by atoms with Gasteiger partial charge in [0.25, 0.3) is 11.8 Å². The van der Waals surface area contributed by atoms with E-state index in [9.17, 15) is 9.59 Å². The van der Waals surface area contributed by atoms with Gasteiger partial charge in [0, 0.05) is 51.5 Å². The average molecular weight is 465 g/mol. The molecule has 2 aromatic carbocycles. The number of amides is 2. The summed E-state index contributed by atoms with van der Waals surface area (Å²) in [4.78, 5) is 29.6. The third-order valence-corrected chi connectivity index (χ3v) is 6.47. The number of aryl methyl sites for hydroxylation is 1. The van der Waals surface area contributed by atoms with Crippen LogP contribution in [0.4, 0.5) is 5.69 Å². The smallest absolute Gasteiger partial charge is 0.286 e. The Balaban J connectivity index is 1.17. The van der Waals surface area contributed by atoms with Gasteiger partial charge in [0.15, 0.2) is 0 Å². The average Bonchev–Trinajstić information content (AvgIpc) is 3.33. The summed E-state index contributed by atoms with van der Waals surface area (Å²) in [7, 11) is 0. The lowest BCUT2D eigenvalue weighted by atomic mass is 10.2. The maximum Gasteiger partial charge on any atom is 0.286 e. The molecule has 0 bridgehead atoms. The molecule has 4 rings (SSSR count). The normalized spacial score (nSPS) is 14.7. The molecule has 3 aromatic rings. The van der Waals surface area contributed by atoms with E-state index in [1.807, 2.05) is 37.3 Å². The summed E-state index contributed by atoms with van der Waals surface area (Å²) in [5.74, 6) is -0.673. The summed E-state index contributed by atoms with van der Waals surface area (Å²) in [6.45, 7) is 8.25. The van der Waals surface area contributed by atoms with Crippen LogP contribution in [0.2, 0.25) is 0 Å². The van der Waals surface area contributed by atoms with E-state index in [1.54, 1.807) is 0 Å². The first kappa shape index (κ1) is 23.0. The lowest BCUT2D eigenvalue weighted by Crippen LogP contribution is -2.48. The second-order valence-corrected chi connectivity index (χ2v) is 9.07. The fourth-order valence-electron chi connectivity index (χ4n) is 3.64. The third-order valence-electron chi connectivity index (χ3n) is 5.55. The first-order valence-electron chi connectivity index (χ1n) is 11.1. The number of nitrogens with one attached hydrogen (secondary N) is 2. The zero-order chi connectivity index (χ0) is 23.0. The highest BCUT2D eigenvalue weighted by molar-refractivity contribution is 7.15. The highest BCUT2D eigenvalue weighted by atomic mass is 32.1. The number of nitrogens with zero attached hydrogens (tertiary/aromatic N) is 4. The molecule has 172 valence electrons. The fraction of sp³-hybridized carbons (Fsp3) is 0.333. The minimum Gasteiger partial charge on any atom is -0.349 e. The minimum absolute atomic E-state index is 0.162. The lowest BCUT2D eigenvalue weighted by Gasteiger charge is -2.34. The number of benzene rings is 2. The fourth-order valence-corrected chi connectivity index (χ4v) is 4.30. The Hall–Kier alpha value is -3.14. The Kier molecular flexibility index (Phi) is 7.77. The zero-order valence-electron chi connectivity index (χ0n) is 18.7. The molecule has 0 radical (unpaired) electrons. The molecule has 1 saturated heterocycles. The molecule has 9 heteroatoms. The van der Waals surface area contributed by atoms with Crippen LogP contribution in [-0.4, -0.2) is 71.1 Å². The molecule has 0 spiro atoms. The second kappa shape index (κ2) is 11.1. The van der Waals surface area contributed by atoms with Crippen molar-refractivity contribution in [2.45, 2.75) is 13.5 Å². The molecule has 0 unspecified atom stereocenters. The van der Waals surface area contributed by atoms with E-state index in [0.29, 0.717) is 12.2 Å². The third kappa shape index (κ3) is 6.67. The van der Waals surface area contributed by atoms with Crippen molar-refractivity contribution < 1.29 is 9.59 Å². The molecule has 0 atom stereocenters. The van der Waals surface area contributed by atoms with Crippen molar-refractivity contribution in [3.8, 4) is 0 Å². The molecule has 33 heavy (non-hydrogen) atoms. The van der Waals surface area contributed by atoms with Gasteiger partial charge < -0.3 is 10.6 Å². The van der Waals surface area contributed by atoms with Gasteiger partial charge in [-0.2, -0.15) is 0 Å². The van der Waals surface area contributed by atoms with E-state index in [0.717, 1.165) is 56.2 Å². The molecular weight excluding hydrogens is 436 g/mol. The van der Waals surface area contributed by atoms with E-state index < -0.39 is 0 Å². The molecule has 1 aromatic heterocycles. The van der Waals surface area contributed by atoms with E-state index >= 15 is 0 Å². The number of carbonyl (C=O) groups is 2. The molecule has 1 aliphatic rings. The summed E-state index contributed by atoms with van der Waals surface area (Å²) in [6, 6.07) is 18.0. The number of anilines is 1. The predicted octanol–water partition coefficient (Wildman–Crippen LogP) is 2.65. The summed E-state index contributed by atoms with van der Waals surface area (Å²) < 4.78 is 0.